The van der Waals surface area contributed by atoms with Crippen molar-refractivity contribution in [3.05, 3.63) is 70.6 Å². The van der Waals surface area contributed by atoms with Gasteiger partial charge in [0.2, 0.25) is 5.78 Å². The lowest BCUT2D eigenvalue weighted by atomic mass is 9.94. The van der Waals surface area contributed by atoms with E-state index in [0.29, 0.717) is 12.4 Å². The molecule has 7 heteroatoms. The number of hydrogen-bond acceptors (Lipinski definition) is 5. The van der Waals surface area contributed by atoms with Crippen molar-refractivity contribution in [1.29, 1.82) is 0 Å². The van der Waals surface area contributed by atoms with Crippen LogP contribution in [0.1, 0.15) is 40.8 Å². The maximum atomic E-state index is 14.6. The van der Waals surface area contributed by atoms with Gasteiger partial charge in [-0.3, -0.25) is 9.59 Å². The third-order valence-corrected chi connectivity index (χ3v) is 5.14. The number of furan rings is 1. The van der Waals surface area contributed by atoms with Crippen molar-refractivity contribution < 1.29 is 28.2 Å². The highest BCUT2D eigenvalue weighted by Gasteiger charge is 2.46. The van der Waals surface area contributed by atoms with Crippen molar-refractivity contribution in [1.82, 2.24) is 4.90 Å². The standard InChI is InChI=1S/C21H20FNO5/c1-12-8-9-16(28-12)19(24)17-18(14-6-2-3-7-15(14)22)23(21(26)20(17)25)11-13-5-4-10-27-13/h2-3,6-9,13,18,25H,4-5,10-11H2,1H3/t13-,18-/m1/s1. The van der Waals surface area contributed by atoms with Crippen LogP contribution >= 0.6 is 0 Å². The quantitative estimate of drug-likeness (QED) is 0.797. The van der Waals surface area contributed by atoms with Crippen LogP contribution in [0.15, 0.2) is 52.1 Å². The summed E-state index contributed by atoms with van der Waals surface area (Å²) >= 11 is 0. The van der Waals surface area contributed by atoms with Gasteiger partial charge in [-0.2, -0.15) is 0 Å². The number of carbonyl (C=O) groups is 2. The number of hydrogen-bond donors (Lipinski definition) is 1. The topological polar surface area (TPSA) is 80.0 Å². The molecule has 1 fully saturated rings. The van der Waals surface area contributed by atoms with Gasteiger partial charge >= 0.3 is 0 Å². The van der Waals surface area contributed by atoms with E-state index < -0.39 is 29.3 Å². The maximum absolute atomic E-state index is 14.6. The monoisotopic (exact) mass is 385 g/mol. The first-order chi connectivity index (χ1) is 13.5. The number of ether oxygens (including phenoxy) is 1. The molecule has 4 rings (SSSR count). The molecule has 2 atom stereocenters. The first-order valence-electron chi connectivity index (χ1n) is 9.18. The van der Waals surface area contributed by atoms with Crippen molar-refractivity contribution in [2.45, 2.75) is 31.9 Å². The lowest BCUT2D eigenvalue weighted by Gasteiger charge is -2.29. The molecule has 0 spiro atoms. The Morgan fingerprint density at radius 2 is 2.07 bits per heavy atom. The van der Waals surface area contributed by atoms with Crippen molar-refractivity contribution in [3.8, 4) is 0 Å². The molecule has 1 aromatic heterocycles. The van der Waals surface area contributed by atoms with Crippen LogP contribution in [0, 0.1) is 12.7 Å². The fraction of sp³-hybridized carbons (Fsp3) is 0.333. The molecule has 28 heavy (non-hydrogen) atoms. The average Bonchev–Trinajstić information content (AvgIpc) is 3.39. The second-order valence-corrected chi connectivity index (χ2v) is 7.02. The van der Waals surface area contributed by atoms with Crippen LogP contribution in [-0.4, -0.2) is 41.0 Å². The Balaban J connectivity index is 1.78. The van der Waals surface area contributed by atoms with Gasteiger partial charge in [0.25, 0.3) is 5.91 Å². The molecule has 2 aromatic rings. The van der Waals surface area contributed by atoms with Crippen LogP contribution in [0.2, 0.25) is 0 Å². The molecule has 0 bridgehead atoms. The zero-order valence-corrected chi connectivity index (χ0v) is 15.4. The number of Topliss-reactive ketones (excluding diaryl/α,β-unsaturated/α-hetero) is 1. The van der Waals surface area contributed by atoms with Crippen molar-refractivity contribution in [2.24, 2.45) is 0 Å². The number of halogens is 1. The highest BCUT2D eigenvalue weighted by atomic mass is 19.1. The smallest absolute Gasteiger partial charge is 0.290 e. The molecule has 1 amide bonds. The Labute approximate surface area is 161 Å². The van der Waals surface area contributed by atoms with E-state index in [0.717, 1.165) is 12.8 Å². The number of rotatable bonds is 5. The maximum Gasteiger partial charge on any atom is 0.290 e. The molecule has 1 N–H and O–H groups in total. The molecule has 0 radical (unpaired) electrons. The summed E-state index contributed by atoms with van der Waals surface area (Å²) in [5.41, 5.74) is -0.0352. The first kappa shape index (κ1) is 18.4. The van der Waals surface area contributed by atoms with Gasteiger partial charge in [-0.15, -0.1) is 0 Å². The second kappa shape index (κ2) is 7.24. The summed E-state index contributed by atoms with van der Waals surface area (Å²) < 4.78 is 25.6. The minimum atomic E-state index is -1.05. The van der Waals surface area contributed by atoms with Gasteiger partial charge in [0.1, 0.15) is 11.6 Å². The number of carbonyl (C=O) groups excluding carboxylic acids is 2. The third-order valence-electron chi connectivity index (χ3n) is 5.14. The van der Waals surface area contributed by atoms with E-state index in [2.05, 4.69) is 0 Å². The van der Waals surface area contributed by atoms with Gasteiger partial charge in [0.05, 0.1) is 17.7 Å². The number of ketones is 1. The van der Waals surface area contributed by atoms with Crippen LogP contribution in [0.3, 0.4) is 0 Å². The number of nitrogens with zero attached hydrogens (tertiary/aromatic N) is 1. The van der Waals surface area contributed by atoms with Gasteiger partial charge in [0.15, 0.2) is 11.5 Å². The Bertz CT molecular complexity index is 957. The van der Waals surface area contributed by atoms with Gasteiger partial charge in [-0.1, -0.05) is 18.2 Å². The first-order valence-corrected chi connectivity index (χ1v) is 9.18. The third kappa shape index (κ3) is 3.11. The zero-order chi connectivity index (χ0) is 19.8. The summed E-state index contributed by atoms with van der Waals surface area (Å²) in [6, 6.07) is 7.97. The van der Waals surface area contributed by atoms with Crippen molar-refractivity contribution in [2.75, 3.05) is 13.2 Å². The largest absolute Gasteiger partial charge is 0.503 e. The summed E-state index contributed by atoms with van der Waals surface area (Å²) in [5.74, 6) is -2.07. The minimum Gasteiger partial charge on any atom is -0.503 e. The molecule has 2 aliphatic heterocycles. The molecule has 1 aromatic carbocycles. The Kier molecular flexibility index (Phi) is 4.77. The Hall–Kier alpha value is -2.93. The molecule has 1 saturated heterocycles. The molecular weight excluding hydrogens is 365 g/mol. The van der Waals surface area contributed by atoms with Crippen molar-refractivity contribution in [3.63, 3.8) is 0 Å². The number of aliphatic hydroxyl groups is 1. The van der Waals surface area contributed by atoms with Gasteiger partial charge < -0.3 is 19.2 Å². The average molecular weight is 385 g/mol. The fourth-order valence-corrected chi connectivity index (χ4v) is 3.79. The SMILES string of the molecule is Cc1ccc(C(=O)C2=C(O)C(=O)N(C[C@H]3CCCO3)[C@@H]2c2ccccc2F)o1. The Morgan fingerprint density at radius 1 is 1.29 bits per heavy atom. The van der Waals surface area contributed by atoms with Crippen LogP contribution in [0.4, 0.5) is 4.39 Å². The molecule has 6 nitrogen and oxygen atoms in total. The van der Waals surface area contributed by atoms with Gasteiger partial charge in [-0.25, -0.2) is 4.39 Å². The molecule has 3 heterocycles. The molecule has 0 unspecified atom stereocenters. The van der Waals surface area contributed by atoms with E-state index >= 15 is 0 Å². The van der Waals surface area contributed by atoms with Crippen LogP contribution in [-0.2, 0) is 9.53 Å². The number of benzene rings is 1. The van der Waals surface area contributed by atoms with Gasteiger partial charge in [-0.05, 0) is 38.0 Å². The lowest BCUT2D eigenvalue weighted by Crippen LogP contribution is -2.37. The van der Waals surface area contributed by atoms with Crippen molar-refractivity contribution >= 4 is 11.7 Å². The molecule has 0 saturated carbocycles. The second-order valence-electron chi connectivity index (χ2n) is 7.02. The summed E-state index contributed by atoms with van der Waals surface area (Å²) in [5, 5.41) is 10.5. The summed E-state index contributed by atoms with van der Waals surface area (Å²) in [7, 11) is 0. The predicted molar refractivity (Wildman–Crippen MR) is 97.3 cm³/mol. The fourth-order valence-electron chi connectivity index (χ4n) is 3.79. The van der Waals surface area contributed by atoms with E-state index in [-0.39, 0.29) is 29.5 Å². The van der Waals surface area contributed by atoms with E-state index in [1.54, 1.807) is 19.1 Å². The molecular formula is C21H20FNO5. The van der Waals surface area contributed by atoms with Crippen LogP contribution in [0.5, 0.6) is 0 Å². The molecule has 0 aliphatic carbocycles. The minimum absolute atomic E-state index is 0.00726. The summed E-state index contributed by atoms with van der Waals surface area (Å²) in [4.78, 5) is 27.2. The molecule has 2 aliphatic rings. The number of amides is 1. The van der Waals surface area contributed by atoms with E-state index in [9.17, 15) is 19.1 Å². The van der Waals surface area contributed by atoms with E-state index in [4.69, 9.17) is 9.15 Å². The van der Waals surface area contributed by atoms with Crippen LogP contribution in [0.25, 0.3) is 0 Å². The van der Waals surface area contributed by atoms with Gasteiger partial charge in [0, 0.05) is 18.7 Å². The molecule has 146 valence electrons. The van der Waals surface area contributed by atoms with E-state index in [1.165, 1.54) is 29.2 Å². The number of aryl methyl sites for hydroxylation is 1. The normalized spacial score (nSPS) is 22.4. The highest BCUT2D eigenvalue weighted by Crippen LogP contribution is 2.40. The van der Waals surface area contributed by atoms with Crippen LogP contribution < -0.4 is 0 Å². The summed E-state index contributed by atoms with van der Waals surface area (Å²) in [6.07, 6.45) is 1.41. The zero-order valence-electron chi connectivity index (χ0n) is 15.4. The Morgan fingerprint density at radius 3 is 2.71 bits per heavy atom. The summed E-state index contributed by atoms with van der Waals surface area (Å²) in [6.45, 7) is 2.44. The number of aliphatic hydroxyl groups excluding tert-OH is 1. The lowest BCUT2D eigenvalue weighted by molar-refractivity contribution is -0.131. The predicted octanol–water partition coefficient (Wildman–Crippen LogP) is 3.48. The van der Waals surface area contributed by atoms with E-state index in [1.807, 2.05) is 0 Å². The highest BCUT2D eigenvalue weighted by molar-refractivity contribution is 6.15.